The number of nitrogens with one attached hydrogen (secondary N) is 4. The molecule has 0 radical (unpaired) electrons. The molecule has 2 aromatic rings. The van der Waals surface area contributed by atoms with Crippen molar-refractivity contribution in [2.75, 3.05) is 45.0 Å². The van der Waals surface area contributed by atoms with Crippen LogP contribution >= 0.6 is 11.6 Å². The number of amides is 4. The monoisotopic (exact) mass is 1580 g/mol. The van der Waals surface area contributed by atoms with Crippen molar-refractivity contribution in [2.45, 2.75) is 301 Å². The molecule has 0 saturated carbocycles. The van der Waals surface area contributed by atoms with E-state index < -0.39 is 247 Å². The zero-order valence-corrected chi connectivity index (χ0v) is 61.5. The van der Waals surface area contributed by atoms with Crippen molar-refractivity contribution < 1.29 is 163 Å². The molecule has 40 heteroatoms. The summed E-state index contributed by atoms with van der Waals surface area (Å²) >= 11 is 6.05. The first-order valence-electron chi connectivity index (χ1n) is 36.8. The smallest absolute Gasteiger partial charge is 0.364 e. The number of halogens is 1. The molecule has 28 atom stereocenters. The van der Waals surface area contributed by atoms with Gasteiger partial charge in [0.25, 0.3) is 5.79 Å². The number of ether oxygens (including phenoxy) is 10. The highest BCUT2D eigenvalue weighted by Crippen LogP contribution is 2.41. The maximum Gasteiger partial charge on any atom is 0.364 e. The third kappa shape index (κ3) is 24.9. The average molecular weight is 1590 g/mol. The number of rotatable bonds is 43. The third-order valence-electron chi connectivity index (χ3n) is 19.6. The Kier molecular flexibility index (Phi) is 37.0. The first-order chi connectivity index (χ1) is 52.0. The Morgan fingerprint density at radius 2 is 1.11 bits per heavy atom. The maximum absolute atomic E-state index is 13.8. The van der Waals surface area contributed by atoms with Crippen LogP contribution < -0.4 is 21.3 Å². The molecule has 6 heterocycles. The number of carbonyl (C=O) groups excluding carboxylic acids is 4. The van der Waals surface area contributed by atoms with E-state index in [9.17, 15) is 111 Å². The highest BCUT2D eigenvalue weighted by atomic mass is 35.5. The number of aliphatic hydroxyl groups excluding tert-OH is 16. The highest BCUT2D eigenvalue weighted by molar-refractivity contribution is 6.30. The second-order valence-corrected chi connectivity index (χ2v) is 28.3. The van der Waals surface area contributed by atoms with E-state index in [1.165, 1.54) is 51.4 Å². The molecule has 1 aromatic carbocycles. The summed E-state index contributed by atoms with van der Waals surface area (Å²) in [5.41, 5.74) is 0.607. The van der Waals surface area contributed by atoms with Crippen LogP contribution in [0.4, 0.5) is 5.82 Å². The summed E-state index contributed by atoms with van der Waals surface area (Å²) in [4.78, 5) is 66.4. The lowest BCUT2D eigenvalue weighted by molar-refractivity contribution is -0.403. The van der Waals surface area contributed by atoms with Gasteiger partial charge in [0.2, 0.25) is 29.4 Å². The van der Waals surface area contributed by atoms with Crippen LogP contribution in [0.15, 0.2) is 41.0 Å². The number of benzene rings is 1. The predicted molar refractivity (Wildman–Crippen MR) is 371 cm³/mol. The van der Waals surface area contributed by atoms with Crippen molar-refractivity contribution in [3.8, 4) is 11.3 Å². The SMILES string of the molecule is CCCCCCCCCCCCCCCCCC(=O)N[C@@H](CO[C@@H]1O[C@H](CO)[C@@H](O[C@@H]2O[C@H](CO)[C@H](O[C@@H]3O[C@H](CO)[C@H](O)[C@H](O[C@@H]4O[C@H](CO)[C@H](O)[C@H](O)[C@H]4O)[C@H]3NC(C)=O)[C@H](O[C@]3(C(=O)O)C[C@H](O)C(NC(C)=O)C([C@H](O)[C@H](O)CO)O3)[C@H]2O)[C@H](O)[C@H]1O)[C@H](O)/C=C/C(=O)Nc1nonc1-c1ccc(Cl)cc1. The lowest BCUT2D eigenvalue weighted by Crippen LogP contribution is -2.72. The van der Waals surface area contributed by atoms with Gasteiger partial charge in [0.05, 0.1) is 63.9 Å². The molecule has 2 unspecified atom stereocenters. The van der Waals surface area contributed by atoms with Crippen LogP contribution in [0.2, 0.25) is 5.02 Å². The van der Waals surface area contributed by atoms with E-state index in [0.29, 0.717) is 23.4 Å². The predicted octanol–water partition coefficient (Wildman–Crippen LogP) is -4.40. The fourth-order valence-corrected chi connectivity index (χ4v) is 13.7. The van der Waals surface area contributed by atoms with E-state index in [0.717, 1.165) is 58.1 Å². The van der Waals surface area contributed by atoms with Gasteiger partial charge in [-0.05, 0) is 34.9 Å². The van der Waals surface area contributed by atoms with Crippen molar-refractivity contribution in [2.24, 2.45) is 0 Å². The number of carboxylic acid groups (broad SMARTS) is 1. The lowest BCUT2D eigenvalue weighted by atomic mass is 9.88. The van der Waals surface area contributed by atoms with Gasteiger partial charge in [0.15, 0.2) is 30.9 Å². The van der Waals surface area contributed by atoms with Gasteiger partial charge in [0, 0.05) is 43.4 Å². The largest absolute Gasteiger partial charge is 0.477 e. The first kappa shape index (κ1) is 90.9. The van der Waals surface area contributed by atoms with Gasteiger partial charge in [0.1, 0.15) is 116 Å². The molecule has 0 bridgehead atoms. The normalized spacial score (nSPS) is 34.1. The first-order valence-corrected chi connectivity index (χ1v) is 37.2. The number of hydrogen-bond donors (Lipinski definition) is 21. The Morgan fingerprint density at radius 1 is 0.596 bits per heavy atom. The Balaban J connectivity index is 1.13. The number of anilines is 1. The number of unbranched alkanes of at least 4 members (excludes halogenated alkanes) is 14. The molecule has 7 rings (SSSR count). The molecule has 5 aliphatic rings. The van der Waals surface area contributed by atoms with E-state index in [4.69, 9.17) is 63.6 Å². The van der Waals surface area contributed by atoms with Crippen LogP contribution in [0.5, 0.6) is 0 Å². The summed E-state index contributed by atoms with van der Waals surface area (Å²) in [5.74, 6) is -8.96. The molecule has 5 aliphatic heterocycles. The van der Waals surface area contributed by atoms with E-state index in [1.807, 2.05) is 0 Å². The lowest BCUT2D eigenvalue weighted by Gasteiger charge is -2.52. The summed E-state index contributed by atoms with van der Waals surface area (Å²) in [6, 6.07) is 1.16. The summed E-state index contributed by atoms with van der Waals surface area (Å²) in [7, 11) is 0. The zero-order chi connectivity index (χ0) is 79.8. The van der Waals surface area contributed by atoms with Gasteiger partial charge < -0.3 is 155 Å². The summed E-state index contributed by atoms with van der Waals surface area (Å²) in [6.45, 7) is -2.38. The second-order valence-electron chi connectivity index (χ2n) is 27.8. The quantitative estimate of drug-likeness (QED) is 0.0220. The van der Waals surface area contributed by atoms with Crippen LogP contribution in [-0.2, 0) is 71.3 Å². The zero-order valence-electron chi connectivity index (χ0n) is 60.7. The Bertz CT molecular complexity index is 3110. The van der Waals surface area contributed by atoms with E-state index in [2.05, 4.69) is 38.5 Å². The summed E-state index contributed by atoms with van der Waals surface area (Å²) in [5, 5.41) is 207. The molecule has 0 aliphatic carbocycles. The summed E-state index contributed by atoms with van der Waals surface area (Å²) < 4.78 is 64.6. The van der Waals surface area contributed by atoms with Gasteiger partial charge in [-0.1, -0.05) is 121 Å². The van der Waals surface area contributed by atoms with Crippen molar-refractivity contribution in [3.05, 3.63) is 41.4 Å². The Labute approximate surface area is 632 Å². The highest BCUT2D eigenvalue weighted by Gasteiger charge is 2.62. The van der Waals surface area contributed by atoms with Gasteiger partial charge in [-0.15, -0.1) is 0 Å². The standard InChI is InChI=1S/C69H109ClN6O33/c1-4-5-6-7-8-9-10-11-12-13-14-15-16-17-18-19-45(87)73-37(38(84)24-25-46(88)74-63-47(75-109-76-63)35-20-22-36(70)23-21-35)32-99-65-56(95)54(93)58(43(30-80)102-65)104-67-57(96)62(108-69(68(97)98)26-39(85)48(71-33(2)82)61(107-69)50(89)40(86)27-77)59(44(31-81)103-67)105-64-49(72-34(3)83)60(52(91)42(29-79)100-64)106-66-55(94)53(92)51(90)41(28-78)101-66/h20-25,37-44,48-62,64-67,77-81,84-86,89-96H,4-19,26-32H2,1-3H3,(H,71,82)(H,72,83)(H,73,87)(H,97,98)(H,74,76,88)/b25-24+/t37-,38+,39-,40+,41+,42+,43+,44+,48?,49+,50+,51-,52-,53-,54+,55+,56+,57+,58+,59-,60+,61?,62+,64-,65+,66-,67-,69-/m0/s1. The van der Waals surface area contributed by atoms with E-state index in [1.54, 1.807) is 24.3 Å². The Hall–Kier alpha value is -5.30. The van der Waals surface area contributed by atoms with Gasteiger partial charge >= 0.3 is 5.97 Å². The average Bonchev–Trinajstić information content (AvgIpc) is 1.14. The molecule has 4 amide bonds. The van der Waals surface area contributed by atoms with E-state index in [-0.39, 0.29) is 17.9 Å². The molecule has 21 N–H and O–H groups in total. The molecule has 1 aromatic heterocycles. The van der Waals surface area contributed by atoms with Crippen molar-refractivity contribution in [3.63, 3.8) is 0 Å². The van der Waals surface area contributed by atoms with Crippen molar-refractivity contribution in [1.29, 1.82) is 0 Å². The number of aliphatic hydroxyl groups is 16. The van der Waals surface area contributed by atoms with Crippen LogP contribution in [0.3, 0.4) is 0 Å². The van der Waals surface area contributed by atoms with Crippen LogP contribution in [0.1, 0.15) is 130 Å². The van der Waals surface area contributed by atoms with E-state index >= 15 is 0 Å². The number of aromatic nitrogens is 2. The minimum absolute atomic E-state index is 0.00978. The van der Waals surface area contributed by atoms with Crippen LogP contribution in [0, 0.1) is 0 Å². The molecule has 5 saturated heterocycles. The molecular formula is C69H109ClN6O33. The molecule has 620 valence electrons. The molecule has 5 fully saturated rings. The molecule has 109 heavy (non-hydrogen) atoms. The molecule has 39 nitrogen and oxygen atoms in total. The number of hydrogen-bond acceptors (Lipinski definition) is 34. The van der Waals surface area contributed by atoms with Crippen LogP contribution in [0.25, 0.3) is 11.3 Å². The fraction of sp³-hybridized carbons (Fsp3) is 0.783. The minimum Gasteiger partial charge on any atom is -0.477 e. The third-order valence-corrected chi connectivity index (χ3v) is 19.8. The molecule has 0 spiro atoms. The Morgan fingerprint density at radius 3 is 1.69 bits per heavy atom. The van der Waals surface area contributed by atoms with Crippen LogP contribution in [-0.4, -0.2) is 338 Å². The fourth-order valence-electron chi connectivity index (χ4n) is 13.6. The van der Waals surface area contributed by atoms with Gasteiger partial charge in [-0.3, -0.25) is 19.2 Å². The van der Waals surface area contributed by atoms with Gasteiger partial charge in [-0.25, -0.2) is 9.42 Å². The van der Waals surface area contributed by atoms with Gasteiger partial charge in [-0.2, -0.15) is 0 Å². The number of nitrogens with zero attached hydrogens (tertiary/aromatic N) is 2. The summed E-state index contributed by atoms with van der Waals surface area (Å²) in [6.07, 6.45) is -34.1. The van der Waals surface area contributed by atoms with Crippen molar-refractivity contribution in [1.82, 2.24) is 26.3 Å². The topological polar surface area (TPSA) is 609 Å². The number of aliphatic carboxylic acids is 1. The van der Waals surface area contributed by atoms with Crippen molar-refractivity contribution >= 4 is 47.0 Å². The second kappa shape index (κ2) is 44.4. The molecular weight excluding hydrogens is 1480 g/mol. The number of carbonyl (C=O) groups is 5. The minimum atomic E-state index is -3.42. The number of carboxylic acids is 1. The maximum atomic E-state index is 13.8.